The normalized spacial score (nSPS) is 14.1. The van der Waals surface area contributed by atoms with E-state index in [1.54, 1.807) is 0 Å². The van der Waals surface area contributed by atoms with Crippen molar-refractivity contribution in [3.63, 3.8) is 0 Å². The maximum Gasteiger partial charge on any atom is 0.438 e. The van der Waals surface area contributed by atoms with Crippen LogP contribution in [0, 0.1) is 0 Å². The summed E-state index contributed by atoms with van der Waals surface area (Å²) < 4.78 is 34.3. The summed E-state index contributed by atoms with van der Waals surface area (Å²) >= 11 is 3.12. The van der Waals surface area contributed by atoms with Gasteiger partial charge in [0.05, 0.1) is 0 Å². The predicted octanol–water partition coefficient (Wildman–Crippen LogP) is 1.90. The first-order valence-electron chi connectivity index (χ1n) is 2.29. The fourth-order valence-electron chi connectivity index (χ4n) is 0.239. The number of nitrogens with zero attached hydrogens (tertiary/aromatic N) is 1. The largest absolute Gasteiger partial charge is 0.438 e. The molecule has 0 saturated heterocycles. The van der Waals surface area contributed by atoms with Crippen molar-refractivity contribution in [3.8, 4) is 0 Å². The Morgan fingerprint density at radius 1 is 1.56 bits per heavy atom. The lowest BCUT2D eigenvalue weighted by Gasteiger charge is -2.01. The third-order valence-corrected chi connectivity index (χ3v) is 0.956. The fourth-order valence-corrected chi connectivity index (χ4v) is 0.381. The summed E-state index contributed by atoms with van der Waals surface area (Å²) in [6, 6.07) is 0. The zero-order valence-corrected chi connectivity index (χ0v) is 5.63. The van der Waals surface area contributed by atoms with Gasteiger partial charge >= 0.3 is 6.18 Å². The summed E-state index contributed by atoms with van der Waals surface area (Å²) in [6.07, 6.45) is -4.38. The minimum Gasteiger partial charge on any atom is -0.275 e. The number of thiol groups is 1. The van der Waals surface area contributed by atoms with Gasteiger partial charge in [0.1, 0.15) is 0 Å². The highest BCUT2D eigenvalue weighted by atomic mass is 32.1. The van der Waals surface area contributed by atoms with E-state index in [4.69, 9.17) is 0 Å². The first kappa shape index (κ1) is 8.81. The van der Waals surface area contributed by atoms with Gasteiger partial charge < -0.3 is 0 Å². The van der Waals surface area contributed by atoms with Gasteiger partial charge in [0.25, 0.3) is 0 Å². The summed E-state index contributed by atoms with van der Waals surface area (Å²) in [7, 11) is 0. The molecule has 0 aromatic heterocycles. The number of hydrogen-bond donors (Lipinski definition) is 1. The molecule has 0 atom stereocenters. The Morgan fingerprint density at radius 3 is 2.11 bits per heavy atom. The van der Waals surface area contributed by atoms with E-state index in [0.717, 1.165) is 0 Å². The Hall–Kier alpha value is -0.190. The molecule has 0 aromatic carbocycles. The molecular weight excluding hydrogens is 151 g/mol. The highest BCUT2D eigenvalue weighted by Gasteiger charge is 2.32. The summed E-state index contributed by atoms with van der Waals surface area (Å²) in [6.45, 7) is 1.63. The highest BCUT2D eigenvalue weighted by molar-refractivity contribution is 7.97. The molecule has 0 heterocycles. The Bertz CT molecular complexity index is 117. The van der Waals surface area contributed by atoms with E-state index in [1.165, 1.54) is 6.92 Å². The van der Waals surface area contributed by atoms with Crippen molar-refractivity contribution < 1.29 is 13.2 Å². The van der Waals surface area contributed by atoms with Gasteiger partial charge in [0.15, 0.2) is 5.04 Å². The van der Waals surface area contributed by atoms with Crippen molar-refractivity contribution >= 4 is 17.7 Å². The second-order valence-electron chi connectivity index (χ2n) is 1.30. The Labute approximate surface area is 56.4 Å². The zero-order chi connectivity index (χ0) is 7.49. The van der Waals surface area contributed by atoms with Crippen LogP contribution in [0.15, 0.2) is 4.99 Å². The van der Waals surface area contributed by atoms with Crippen LogP contribution in [0.3, 0.4) is 0 Å². The van der Waals surface area contributed by atoms with Crippen LogP contribution in [0.25, 0.3) is 0 Å². The van der Waals surface area contributed by atoms with Crippen molar-refractivity contribution in [2.24, 2.45) is 4.99 Å². The molecule has 0 unspecified atom stereocenters. The molecule has 0 aliphatic carbocycles. The van der Waals surface area contributed by atoms with Crippen LogP contribution >= 0.6 is 12.6 Å². The molecule has 0 spiro atoms. The number of aliphatic imine (C=N–C) groups is 1. The molecule has 0 aliphatic heterocycles. The van der Waals surface area contributed by atoms with Crippen molar-refractivity contribution in [1.82, 2.24) is 0 Å². The Kier molecular flexibility index (Phi) is 3.03. The third-order valence-electron chi connectivity index (χ3n) is 0.561. The molecule has 9 heavy (non-hydrogen) atoms. The van der Waals surface area contributed by atoms with Crippen LogP contribution in [-0.4, -0.2) is 17.8 Å². The average molecular weight is 157 g/mol. The number of hydrogen-bond acceptors (Lipinski definition) is 1. The van der Waals surface area contributed by atoms with E-state index in [9.17, 15) is 13.2 Å². The molecule has 0 N–H and O–H groups in total. The summed E-state index contributed by atoms with van der Waals surface area (Å²) in [5.74, 6) is 0. The molecule has 0 amide bonds. The van der Waals surface area contributed by atoms with E-state index >= 15 is 0 Å². The lowest BCUT2D eigenvalue weighted by molar-refractivity contribution is -0.0555. The third kappa shape index (κ3) is 3.40. The molecule has 0 radical (unpaired) electrons. The van der Waals surface area contributed by atoms with Crippen LogP contribution < -0.4 is 0 Å². The van der Waals surface area contributed by atoms with Gasteiger partial charge in [0.2, 0.25) is 0 Å². The van der Waals surface area contributed by atoms with Gasteiger partial charge in [-0.25, -0.2) is 0 Å². The standard InChI is InChI=1S/C4H6F3NS/c1-2-8-3(9)4(5,6)7/h2H2,1H3,(H,8,9). The lowest BCUT2D eigenvalue weighted by atomic mass is 10.7. The van der Waals surface area contributed by atoms with Crippen molar-refractivity contribution in [2.45, 2.75) is 13.1 Å². The van der Waals surface area contributed by atoms with Crippen LogP contribution in [-0.2, 0) is 0 Å². The molecule has 0 fully saturated rings. The first-order chi connectivity index (χ1) is 3.98. The molecule has 0 aromatic rings. The molecule has 5 heteroatoms. The molecule has 0 bridgehead atoms. The van der Waals surface area contributed by atoms with Crippen LogP contribution in [0.5, 0.6) is 0 Å². The topological polar surface area (TPSA) is 12.4 Å². The molecular formula is C4H6F3NS. The second kappa shape index (κ2) is 3.10. The maximum absolute atomic E-state index is 11.4. The van der Waals surface area contributed by atoms with Gasteiger partial charge in [-0.15, -0.1) is 12.6 Å². The molecule has 1 nitrogen and oxygen atoms in total. The zero-order valence-electron chi connectivity index (χ0n) is 4.74. The van der Waals surface area contributed by atoms with Crippen LogP contribution in [0.1, 0.15) is 6.92 Å². The van der Waals surface area contributed by atoms with Gasteiger partial charge in [-0.2, -0.15) is 13.2 Å². The summed E-state index contributed by atoms with van der Waals surface area (Å²) in [4.78, 5) is 3.05. The van der Waals surface area contributed by atoms with Gasteiger partial charge in [-0.3, -0.25) is 4.99 Å². The average Bonchev–Trinajstić information content (AvgIpc) is 1.64. The quantitative estimate of drug-likeness (QED) is 0.339. The summed E-state index contributed by atoms with van der Waals surface area (Å²) in [5, 5.41) is -1.06. The van der Waals surface area contributed by atoms with Crippen molar-refractivity contribution in [2.75, 3.05) is 6.54 Å². The summed E-state index contributed by atoms with van der Waals surface area (Å²) in [5.41, 5.74) is 0. The minimum absolute atomic E-state index is 0.109. The lowest BCUT2D eigenvalue weighted by Crippen LogP contribution is -2.17. The molecule has 54 valence electrons. The van der Waals surface area contributed by atoms with E-state index in [0.29, 0.717) is 0 Å². The number of alkyl halides is 3. The maximum atomic E-state index is 11.4. The molecule has 0 saturated carbocycles. The minimum atomic E-state index is -4.38. The second-order valence-corrected chi connectivity index (χ2v) is 1.72. The van der Waals surface area contributed by atoms with Crippen molar-refractivity contribution in [3.05, 3.63) is 0 Å². The first-order valence-corrected chi connectivity index (χ1v) is 2.73. The Morgan fingerprint density at radius 2 is 2.00 bits per heavy atom. The fraction of sp³-hybridized carbons (Fsp3) is 0.750. The van der Waals surface area contributed by atoms with E-state index in [-0.39, 0.29) is 6.54 Å². The monoisotopic (exact) mass is 157 g/mol. The smallest absolute Gasteiger partial charge is 0.275 e. The SMILES string of the molecule is CC/N=C(\S)C(F)(F)F. The van der Waals surface area contributed by atoms with Gasteiger partial charge in [0, 0.05) is 6.54 Å². The van der Waals surface area contributed by atoms with Gasteiger partial charge in [-0.05, 0) is 6.92 Å². The van der Waals surface area contributed by atoms with Crippen molar-refractivity contribution in [1.29, 1.82) is 0 Å². The van der Waals surface area contributed by atoms with E-state index < -0.39 is 11.2 Å². The van der Waals surface area contributed by atoms with Crippen LogP contribution in [0.4, 0.5) is 13.2 Å². The van der Waals surface area contributed by atoms with Crippen LogP contribution in [0.2, 0.25) is 0 Å². The number of rotatable bonds is 1. The predicted molar refractivity (Wildman–Crippen MR) is 33.0 cm³/mol. The molecule has 0 rings (SSSR count). The van der Waals surface area contributed by atoms with Gasteiger partial charge in [-0.1, -0.05) is 0 Å². The number of halogens is 3. The molecule has 0 aliphatic rings. The van der Waals surface area contributed by atoms with E-state index in [2.05, 4.69) is 17.6 Å². The Balaban J connectivity index is 4.03. The highest BCUT2D eigenvalue weighted by Crippen LogP contribution is 2.18. The van der Waals surface area contributed by atoms with E-state index in [1.807, 2.05) is 0 Å².